The van der Waals surface area contributed by atoms with Gasteiger partial charge < -0.3 is 22.2 Å². The van der Waals surface area contributed by atoms with Gasteiger partial charge in [-0.25, -0.2) is 14.6 Å². The molecule has 1 saturated heterocycles. The van der Waals surface area contributed by atoms with Gasteiger partial charge >= 0.3 is 6.18 Å². The minimum atomic E-state index is -4.55. The second-order valence-corrected chi connectivity index (χ2v) is 7.86. The average molecular weight is 473 g/mol. The number of nitrogen functional groups attached to an aromatic ring is 1. The summed E-state index contributed by atoms with van der Waals surface area (Å²) < 4.78 is 39.8. The number of imidazole rings is 1. The van der Waals surface area contributed by atoms with Crippen molar-refractivity contribution >= 4 is 17.6 Å². The number of alkyl halides is 3. The number of primary amides is 1. The molecule has 0 spiro atoms. The predicted octanol–water partition coefficient (Wildman–Crippen LogP) is 2.84. The van der Waals surface area contributed by atoms with Crippen LogP contribution in [0.1, 0.15) is 57.5 Å². The van der Waals surface area contributed by atoms with E-state index in [-0.39, 0.29) is 28.8 Å². The van der Waals surface area contributed by atoms with Gasteiger partial charge in [0.15, 0.2) is 5.69 Å². The summed E-state index contributed by atoms with van der Waals surface area (Å²) in [4.78, 5) is 32.9. The number of pyridine rings is 1. The number of nitrogens with one attached hydrogen (secondary N) is 2. The van der Waals surface area contributed by atoms with E-state index >= 15 is 0 Å². The number of piperidine rings is 1. The third-order valence-electron chi connectivity index (χ3n) is 5.54. The molecule has 1 unspecified atom stereocenters. The maximum absolute atomic E-state index is 12.9. The second kappa shape index (κ2) is 9.14. The van der Waals surface area contributed by atoms with Gasteiger partial charge in [0.25, 0.3) is 11.8 Å². The lowest BCUT2D eigenvalue weighted by atomic mass is 10.0. The number of halogens is 3. The minimum absolute atomic E-state index is 0.0349. The number of benzene rings is 1. The largest absolute Gasteiger partial charge is 0.416 e. The first kappa shape index (κ1) is 23.2. The summed E-state index contributed by atoms with van der Waals surface area (Å²) in [5, 5.41) is 5.67. The molecule has 3 heterocycles. The number of rotatable bonds is 5. The third-order valence-corrected chi connectivity index (χ3v) is 5.54. The van der Waals surface area contributed by atoms with Gasteiger partial charge in [-0.1, -0.05) is 18.6 Å². The lowest BCUT2D eigenvalue weighted by molar-refractivity contribution is -0.137. The first-order valence-electron chi connectivity index (χ1n) is 10.5. The molecule has 1 aliphatic heterocycles. The molecule has 1 aliphatic rings. The van der Waals surface area contributed by atoms with Gasteiger partial charge in [0.2, 0.25) is 0 Å². The van der Waals surface area contributed by atoms with E-state index in [0.717, 1.165) is 44.1 Å². The highest BCUT2D eigenvalue weighted by Gasteiger charge is 2.31. The van der Waals surface area contributed by atoms with Crippen LogP contribution < -0.4 is 22.2 Å². The number of nitrogens with two attached hydrogens (primary N) is 2. The van der Waals surface area contributed by atoms with Crippen LogP contribution in [0.2, 0.25) is 0 Å². The van der Waals surface area contributed by atoms with Crippen LogP contribution in [-0.4, -0.2) is 33.0 Å². The number of anilines is 1. The Morgan fingerprint density at radius 2 is 1.88 bits per heavy atom. The molecule has 1 fully saturated rings. The van der Waals surface area contributed by atoms with E-state index in [0.29, 0.717) is 11.4 Å². The van der Waals surface area contributed by atoms with Crippen LogP contribution in [0.5, 0.6) is 0 Å². The van der Waals surface area contributed by atoms with Crippen molar-refractivity contribution in [3.8, 4) is 11.3 Å². The molecule has 34 heavy (non-hydrogen) atoms. The van der Waals surface area contributed by atoms with Crippen molar-refractivity contribution in [3.05, 3.63) is 65.2 Å². The number of hydrogen-bond donors (Lipinski definition) is 4. The number of amides is 2. The van der Waals surface area contributed by atoms with E-state index in [1.807, 2.05) is 0 Å². The molecule has 2 aromatic heterocycles. The molecule has 4 rings (SSSR count). The SMILES string of the molecule is NC(=O)c1c(-c2ccc(C(=O)Nc3cc(C(F)(F)F)ccn3)cc2)nc(C2CCCCN2)n1N. The third kappa shape index (κ3) is 4.71. The van der Waals surface area contributed by atoms with E-state index < -0.39 is 23.6 Å². The quantitative estimate of drug-likeness (QED) is 0.420. The van der Waals surface area contributed by atoms with Crippen LogP contribution >= 0.6 is 0 Å². The van der Waals surface area contributed by atoms with E-state index in [1.54, 1.807) is 12.1 Å². The predicted molar refractivity (Wildman–Crippen MR) is 118 cm³/mol. The van der Waals surface area contributed by atoms with Crippen molar-refractivity contribution < 1.29 is 22.8 Å². The van der Waals surface area contributed by atoms with Gasteiger partial charge in [-0.2, -0.15) is 13.2 Å². The zero-order valence-electron chi connectivity index (χ0n) is 17.9. The highest BCUT2D eigenvalue weighted by molar-refractivity contribution is 6.04. The molecule has 0 radical (unpaired) electrons. The van der Waals surface area contributed by atoms with Crippen molar-refractivity contribution in [2.45, 2.75) is 31.5 Å². The molecule has 1 atom stereocenters. The van der Waals surface area contributed by atoms with Crippen LogP contribution in [0.4, 0.5) is 19.0 Å². The molecule has 178 valence electrons. The lowest BCUT2D eigenvalue weighted by Gasteiger charge is -2.22. The Bertz CT molecular complexity index is 1220. The summed E-state index contributed by atoms with van der Waals surface area (Å²) in [6.45, 7) is 0.809. The number of nitrogens with zero attached hydrogens (tertiary/aromatic N) is 3. The fourth-order valence-corrected chi connectivity index (χ4v) is 3.85. The molecular formula is C22H22F3N7O2. The Morgan fingerprint density at radius 3 is 2.50 bits per heavy atom. The second-order valence-electron chi connectivity index (χ2n) is 7.86. The van der Waals surface area contributed by atoms with Crippen molar-refractivity contribution in [1.82, 2.24) is 20.0 Å². The first-order valence-corrected chi connectivity index (χ1v) is 10.5. The van der Waals surface area contributed by atoms with E-state index in [2.05, 4.69) is 20.6 Å². The van der Waals surface area contributed by atoms with Crippen molar-refractivity contribution in [1.29, 1.82) is 0 Å². The van der Waals surface area contributed by atoms with Gasteiger partial charge in [0, 0.05) is 17.3 Å². The Balaban J connectivity index is 1.58. The summed E-state index contributed by atoms with van der Waals surface area (Å²) in [6, 6.07) is 7.47. The van der Waals surface area contributed by atoms with E-state index in [1.165, 1.54) is 16.8 Å². The molecule has 2 amide bonds. The summed E-state index contributed by atoms with van der Waals surface area (Å²) in [5.74, 6) is 5.01. The number of hydrogen-bond acceptors (Lipinski definition) is 6. The van der Waals surface area contributed by atoms with E-state index in [4.69, 9.17) is 11.6 Å². The van der Waals surface area contributed by atoms with Crippen molar-refractivity contribution in [2.75, 3.05) is 17.7 Å². The summed E-state index contributed by atoms with van der Waals surface area (Å²) in [7, 11) is 0. The fourth-order valence-electron chi connectivity index (χ4n) is 3.85. The van der Waals surface area contributed by atoms with Crippen LogP contribution in [0.15, 0.2) is 42.6 Å². The molecule has 3 aromatic rings. The molecular weight excluding hydrogens is 451 g/mol. The first-order chi connectivity index (χ1) is 16.1. The van der Waals surface area contributed by atoms with Gasteiger partial charge in [0.05, 0.1) is 11.6 Å². The highest BCUT2D eigenvalue weighted by Crippen LogP contribution is 2.31. The van der Waals surface area contributed by atoms with Gasteiger partial charge in [-0.15, -0.1) is 0 Å². The Kier molecular flexibility index (Phi) is 6.24. The van der Waals surface area contributed by atoms with Gasteiger partial charge in [-0.05, 0) is 43.7 Å². The Morgan fingerprint density at radius 1 is 1.15 bits per heavy atom. The number of aromatic nitrogens is 3. The monoisotopic (exact) mass is 473 g/mol. The normalized spacial score (nSPS) is 16.3. The highest BCUT2D eigenvalue weighted by atomic mass is 19.4. The molecule has 1 aromatic carbocycles. The van der Waals surface area contributed by atoms with E-state index in [9.17, 15) is 22.8 Å². The molecule has 12 heteroatoms. The van der Waals surface area contributed by atoms with Crippen molar-refractivity contribution in [2.24, 2.45) is 5.73 Å². The minimum Gasteiger partial charge on any atom is -0.364 e. The van der Waals surface area contributed by atoms with Crippen molar-refractivity contribution in [3.63, 3.8) is 0 Å². The Labute approximate surface area is 192 Å². The number of carbonyl (C=O) groups excluding carboxylic acids is 2. The maximum Gasteiger partial charge on any atom is 0.416 e. The molecule has 0 aliphatic carbocycles. The standard InChI is InChI=1S/C22H22F3N7O2/c23-22(24,25)14-8-10-29-16(11-14)30-21(34)13-6-4-12(5-7-13)17-18(19(26)33)32(27)20(31-17)15-3-1-2-9-28-15/h4-8,10-11,15,28H,1-3,9,27H2,(H2,26,33)(H,29,30,34). The zero-order valence-corrected chi connectivity index (χ0v) is 17.9. The van der Waals surface area contributed by atoms with Crippen LogP contribution in [-0.2, 0) is 6.18 Å². The Hall–Kier alpha value is -3.93. The summed E-state index contributed by atoms with van der Waals surface area (Å²) in [6.07, 6.45) is -0.739. The maximum atomic E-state index is 12.9. The van der Waals surface area contributed by atoms with Crippen LogP contribution in [0.3, 0.4) is 0 Å². The fraction of sp³-hybridized carbons (Fsp3) is 0.273. The summed E-state index contributed by atoms with van der Waals surface area (Å²) >= 11 is 0. The summed E-state index contributed by atoms with van der Waals surface area (Å²) in [5.41, 5.74) is 5.62. The average Bonchev–Trinajstić information content (AvgIpc) is 3.16. The molecule has 6 N–H and O–H groups in total. The topological polar surface area (TPSA) is 141 Å². The molecule has 0 saturated carbocycles. The molecule has 0 bridgehead atoms. The zero-order chi connectivity index (χ0) is 24.5. The van der Waals surface area contributed by atoms with Crippen LogP contribution in [0, 0.1) is 0 Å². The smallest absolute Gasteiger partial charge is 0.364 e. The van der Waals surface area contributed by atoms with Crippen LogP contribution in [0.25, 0.3) is 11.3 Å². The lowest BCUT2D eigenvalue weighted by Crippen LogP contribution is -2.32. The molecule has 9 nitrogen and oxygen atoms in total. The number of carbonyl (C=O) groups is 2. The van der Waals surface area contributed by atoms with Gasteiger partial charge in [-0.3, -0.25) is 9.59 Å². The van der Waals surface area contributed by atoms with Gasteiger partial charge in [0.1, 0.15) is 17.3 Å².